The molecule has 98 valence electrons. The number of amides is 1. The van der Waals surface area contributed by atoms with Gasteiger partial charge in [0.25, 0.3) is 0 Å². The first kappa shape index (κ1) is 13.1. The van der Waals surface area contributed by atoms with E-state index in [0.29, 0.717) is 19.0 Å². The fraction of sp³-hybridized carbons (Fsp3) is 0.533. The normalized spacial score (nSPS) is 21.7. The van der Waals surface area contributed by atoms with E-state index in [1.807, 2.05) is 18.2 Å². The molecule has 1 aromatic rings. The monoisotopic (exact) mass is 247 g/mol. The summed E-state index contributed by atoms with van der Waals surface area (Å²) < 4.78 is 0. The summed E-state index contributed by atoms with van der Waals surface area (Å²) in [6.07, 6.45) is 1.86. The second kappa shape index (κ2) is 6.01. The van der Waals surface area contributed by atoms with Crippen LogP contribution in [0.2, 0.25) is 0 Å². The van der Waals surface area contributed by atoms with Gasteiger partial charge in [0.05, 0.1) is 6.61 Å². The van der Waals surface area contributed by atoms with Gasteiger partial charge in [-0.05, 0) is 24.3 Å². The van der Waals surface area contributed by atoms with Crippen LogP contribution in [0.4, 0.5) is 0 Å². The van der Waals surface area contributed by atoms with Crippen LogP contribution in [0.5, 0.6) is 0 Å². The molecule has 0 saturated heterocycles. The number of carbonyl (C=O) groups is 1. The van der Waals surface area contributed by atoms with Crippen LogP contribution in [0.3, 0.4) is 0 Å². The van der Waals surface area contributed by atoms with Crippen LogP contribution >= 0.6 is 0 Å². The Kier molecular flexibility index (Phi) is 4.37. The average Bonchev–Trinajstić information content (AvgIpc) is 3.12. The molecular formula is C15H21NO2. The Bertz CT molecular complexity index is 391. The van der Waals surface area contributed by atoms with Gasteiger partial charge in [0.15, 0.2) is 0 Å². The molecule has 18 heavy (non-hydrogen) atoms. The minimum Gasteiger partial charge on any atom is -0.395 e. The van der Waals surface area contributed by atoms with Crippen molar-refractivity contribution in [2.45, 2.75) is 19.8 Å². The molecule has 0 radical (unpaired) electrons. The van der Waals surface area contributed by atoms with E-state index in [2.05, 4.69) is 19.1 Å². The molecule has 2 unspecified atom stereocenters. The van der Waals surface area contributed by atoms with Gasteiger partial charge in [0, 0.05) is 19.0 Å². The van der Waals surface area contributed by atoms with Gasteiger partial charge in [0.1, 0.15) is 0 Å². The molecule has 1 N–H and O–H groups in total. The first-order chi connectivity index (χ1) is 8.72. The molecule has 0 heterocycles. The van der Waals surface area contributed by atoms with Gasteiger partial charge in [-0.1, -0.05) is 37.3 Å². The number of benzene rings is 1. The molecule has 0 spiro atoms. The summed E-state index contributed by atoms with van der Waals surface area (Å²) in [4.78, 5) is 13.9. The quantitative estimate of drug-likeness (QED) is 0.831. The van der Waals surface area contributed by atoms with Crippen molar-refractivity contribution in [2.75, 3.05) is 19.7 Å². The lowest BCUT2D eigenvalue weighted by Gasteiger charge is -2.22. The van der Waals surface area contributed by atoms with Crippen molar-refractivity contribution in [3.63, 3.8) is 0 Å². The maximum atomic E-state index is 12.1. The zero-order chi connectivity index (χ0) is 13.0. The number of hydrogen-bond acceptors (Lipinski definition) is 2. The largest absolute Gasteiger partial charge is 0.395 e. The van der Waals surface area contributed by atoms with Crippen molar-refractivity contribution >= 4 is 5.91 Å². The van der Waals surface area contributed by atoms with Crippen LogP contribution in [0.1, 0.15) is 18.9 Å². The topological polar surface area (TPSA) is 40.5 Å². The van der Waals surface area contributed by atoms with Gasteiger partial charge in [-0.25, -0.2) is 0 Å². The molecule has 3 nitrogen and oxygen atoms in total. The Balaban J connectivity index is 1.88. The zero-order valence-corrected chi connectivity index (χ0v) is 10.9. The van der Waals surface area contributed by atoms with Crippen molar-refractivity contribution in [3.05, 3.63) is 35.9 Å². The van der Waals surface area contributed by atoms with Crippen molar-refractivity contribution in [2.24, 2.45) is 11.8 Å². The van der Waals surface area contributed by atoms with Crippen molar-refractivity contribution in [3.8, 4) is 0 Å². The lowest BCUT2D eigenvalue weighted by atomic mass is 10.1. The molecule has 1 saturated carbocycles. The molecule has 2 rings (SSSR count). The van der Waals surface area contributed by atoms with E-state index in [4.69, 9.17) is 5.11 Å². The predicted octanol–water partition coefficient (Wildman–Crippen LogP) is 1.71. The zero-order valence-electron chi connectivity index (χ0n) is 10.9. The first-order valence-electron chi connectivity index (χ1n) is 6.66. The number of nitrogens with zero attached hydrogens (tertiary/aromatic N) is 1. The van der Waals surface area contributed by atoms with Crippen molar-refractivity contribution < 1.29 is 9.90 Å². The molecule has 0 aliphatic heterocycles. The summed E-state index contributed by atoms with van der Waals surface area (Å²) in [5.74, 6) is 0.940. The van der Waals surface area contributed by atoms with Crippen LogP contribution in [0.15, 0.2) is 30.3 Å². The van der Waals surface area contributed by atoms with E-state index in [-0.39, 0.29) is 18.4 Å². The van der Waals surface area contributed by atoms with E-state index >= 15 is 0 Å². The maximum absolute atomic E-state index is 12.1. The molecule has 3 heteroatoms. The van der Waals surface area contributed by atoms with E-state index in [1.54, 1.807) is 4.90 Å². The van der Waals surface area contributed by atoms with Crippen molar-refractivity contribution in [1.29, 1.82) is 0 Å². The van der Waals surface area contributed by atoms with Crippen molar-refractivity contribution in [1.82, 2.24) is 4.90 Å². The third kappa shape index (κ3) is 3.33. The molecule has 1 aliphatic carbocycles. The van der Waals surface area contributed by atoms with E-state index in [0.717, 1.165) is 12.8 Å². The van der Waals surface area contributed by atoms with Crippen LogP contribution in [-0.2, 0) is 11.2 Å². The minimum absolute atomic E-state index is 0.0433. The van der Waals surface area contributed by atoms with Gasteiger partial charge >= 0.3 is 0 Å². The molecule has 0 bridgehead atoms. The number of hydrogen-bond donors (Lipinski definition) is 1. The van der Waals surface area contributed by atoms with Gasteiger partial charge in [-0.15, -0.1) is 0 Å². The lowest BCUT2D eigenvalue weighted by Crippen LogP contribution is -2.36. The highest BCUT2D eigenvalue weighted by Gasteiger charge is 2.41. The molecule has 1 aromatic carbocycles. The molecule has 0 aromatic heterocycles. The van der Waals surface area contributed by atoms with E-state index < -0.39 is 0 Å². The summed E-state index contributed by atoms with van der Waals surface area (Å²) >= 11 is 0. The summed E-state index contributed by atoms with van der Waals surface area (Å²) in [7, 11) is 0. The smallest absolute Gasteiger partial charge is 0.226 e. The number of aliphatic hydroxyl groups is 1. The Morgan fingerprint density at radius 3 is 2.56 bits per heavy atom. The van der Waals surface area contributed by atoms with Crippen LogP contribution in [-0.4, -0.2) is 35.6 Å². The second-order valence-electron chi connectivity index (χ2n) is 5.10. The minimum atomic E-state index is 0.0433. The standard InChI is InChI=1S/C15H21NO2/c1-12-11-14(12)15(18)16(9-10-17)8-7-13-5-3-2-4-6-13/h2-6,12,14,17H,7-11H2,1H3. The molecule has 1 fully saturated rings. The highest BCUT2D eigenvalue weighted by atomic mass is 16.3. The summed E-state index contributed by atoms with van der Waals surface area (Å²) in [5.41, 5.74) is 1.23. The molecular weight excluding hydrogens is 226 g/mol. The van der Waals surface area contributed by atoms with Gasteiger partial charge in [-0.3, -0.25) is 4.79 Å². The van der Waals surface area contributed by atoms with Gasteiger partial charge < -0.3 is 10.0 Å². The highest BCUT2D eigenvalue weighted by molar-refractivity contribution is 5.81. The Labute approximate surface area is 108 Å². The number of aliphatic hydroxyl groups excluding tert-OH is 1. The molecule has 1 aliphatic rings. The molecule has 2 atom stereocenters. The maximum Gasteiger partial charge on any atom is 0.226 e. The van der Waals surface area contributed by atoms with Gasteiger partial charge in [0.2, 0.25) is 5.91 Å². The van der Waals surface area contributed by atoms with Crippen LogP contribution < -0.4 is 0 Å². The predicted molar refractivity (Wildman–Crippen MR) is 71.1 cm³/mol. The summed E-state index contributed by atoms with van der Waals surface area (Å²) in [6, 6.07) is 10.2. The van der Waals surface area contributed by atoms with E-state index in [9.17, 15) is 4.79 Å². The fourth-order valence-electron chi connectivity index (χ4n) is 2.26. The first-order valence-corrected chi connectivity index (χ1v) is 6.66. The average molecular weight is 247 g/mol. The van der Waals surface area contributed by atoms with Crippen LogP contribution in [0.25, 0.3) is 0 Å². The number of rotatable bonds is 6. The highest BCUT2D eigenvalue weighted by Crippen LogP contribution is 2.39. The van der Waals surface area contributed by atoms with Crippen LogP contribution in [0, 0.1) is 11.8 Å². The Morgan fingerprint density at radius 1 is 1.33 bits per heavy atom. The number of carbonyl (C=O) groups excluding carboxylic acids is 1. The third-order valence-corrected chi connectivity index (χ3v) is 3.62. The summed E-state index contributed by atoms with van der Waals surface area (Å²) in [6.45, 7) is 3.31. The van der Waals surface area contributed by atoms with E-state index in [1.165, 1.54) is 5.56 Å². The Hall–Kier alpha value is -1.35. The Morgan fingerprint density at radius 2 is 2.00 bits per heavy atom. The summed E-state index contributed by atoms with van der Waals surface area (Å²) in [5, 5.41) is 9.06. The second-order valence-corrected chi connectivity index (χ2v) is 5.10. The lowest BCUT2D eigenvalue weighted by molar-refractivity contribution is -0.133. The fourth-order valence-corrected chi connectivity index (χ4v) is 2.26. The SMILES string of the molecule is CC1CC1C(=O)N(CCO)CCc1ccccc1. The van der Waals surface area contributed by atoms with Gasteiger partial charge in [-0.2, -0.15) is 0 Å². The molecule has 1 amide bonds. The third-order valence-electron chi connectivity index (χ3n) is 3.62.